The fourth-order valence-electron chi connectivity index (χ4n) is 3.48. The maximum absolute atomic E-state index is 4.61. The van der Waals surface area contributed by atoms with Crippen LogP contribution in [0.5, 0.6) is 0 Å². The second-order valence-electron chi connectivity index (χ2n) is 6.53. The lowest BCUT2D eigenvalue weighted by atomic mass is 10.1. The number of fused-ring (bicyclic) bond motifs is 1. The third-order valence-electron chi connectivity index (χ3n) is 4.76. The number of nitrogens with zero attached hydrogens (tertiary/aromatic N) is 6. The van der Waals surface area contributed by atoms with Crippen LogP contribution in [0.1, 0.15) is 30.6 Å². The van der Waals surface area contributed by atoms with Crippen molar-refractivity contribution in [1.82, 2.24) is 34.8 Å². The minimum atomic E-state index is 0.427. The second kappa shape index (κ2) is 6.76. The van der Waals surface area contributed by atoms with Gasteiger partial charge in [-0.2, -0.15) is 5.10 Å². The third-order valence-corrected chi connectivity index (χ3v) is 4.76. The van der Waals surface area contributed by atoms with Crippen LogP contribution in [-0.2, 0) is 33.0 Å². The van der Waals surface area contributed by atoms with Gasteiger partial charge in [-0.1, -0.05) is 6.92 Å². The molecule has 7 nitrogen and oxygen atoms in total. The van der Waals surface area contributed by atoms with Gasteiger partial charge in [0.2, 0.25) is 0 Å². The minimum absolute atomic E-state index is 0.427. The number of pyridine rings is 1. The molecule has 1 N–H and O–H groups in total. The van der Waals surface area contributed by atoms with Gasteiger partial charge in [-0.3, -0.25) is 9.67 Å². The molecule has 4 heterocycles. The van der Waals surface area contributed by atoms with E-state index in [4.69, 9.17) is 0 Å². The highest BCUT2D eigenvalue weighted by atomic mass is 15.3. The van der Waals surface area contributed by atoms with Gasteiger partial charge in [-0.05, 0) is 18.6 Å². The van der Waals surface area contributed by atoms with E-state index in [2.05, 4.69) is 49.4 Å². The van der Waals surface area contributed by atoms with Crippen LogP contribution < -0.4 is 5.32 Å². The SMILES string of the molecule is CCc1nnc2n1CC(NCc1cn(C)nc1-c1cccnc1)CC2. The van der Waals surface area contributed by atoms with Crippen molar-refractivity contribution >= 4 is 0 Å². The predicted molar refractivity (Wildman–Crippen MR) is 94.8 cm³/mol. The maximum Gasteiger partial charge on any atom is 0.133 e. The molecule has 0 spiro atoms. The van der Waals surface area contributed by atoms with E-state index in [1.807, 2.05) is 24.0 Å². The summed E-state index contributed by atoms with van der Waals surface area (Å²) in [5.41, 5.74) is 3.25. The van der Waals surface area contributed by atoms with Gasteiger partial charge in [0.15, 0.2) is 0 Å². The molecule has 0 amide bonds. The van der Waals surface area contributed by atoms with E-state index in [1.165, 1.54) is 5.56 Å². The summed E-state index contributed by atoms with van der Waals surface area (Å²) in [5.74, 6) is 2.20. The molecule has 0 saturated heterocycles. The summed E-state index contributed by atoms with van der Waals surface area (Å²) >= 11 is 0. The van der Waals surface area contributed by atoms with Crippen LogP contribution in [0.2, 0.25) is 0 Å². The lowest BCUT2D eigenvalue weighted by Gasteiger charge is -2.25. The Bertz CT molecular complexity index is 836. The summed E-state index contributed by atoms with van der Waals surface area (Å²) in [5, 5.41) is 16.9. The van der Waals surface area contributed by atoms with Gasteiger partial charge < -0.3 is 9.88 Å². The molecule has 0 saturated carbocycles. The molecular formula is C18H23N7. The fourth-order valence-corrected chi connectivity index (χ4v) is 3.48. The standard InChI is InChI=1S/C18H23N7/c1-3-16-21-22-17-7-6-15(12-25(16)17)20-10-14-11-24(2)23-18(14)13-5-4-8-19-9-13/h4-5,8-9,11,15,20H,3,6-7,10,12H2,1-2H3. The number of hydrogen-bond donors (Lipinski definition) is 1. The molecule has 1 unspecified atom stereocenters. The monoisotopic (exact) mass is 337 g/mol. The summed E-state index contributed by atoms with van der Waals surface area (Å²) in [4.78, 5) is 4.21. The van der Waals surface area contributed by atoms with E-state index in [9.17, 15) is 0 Å². The molecule has 1 aliphatic heterocycles. The molecule has 0 radical (unpaired) electrons. The van der Waals surface area contributed by atoms with Crippen molar-refractivity contribution in [3.05, 3.63) is 47.9 Å². The van der Waals surface area contributed by atoms with Crippen LogP contribution in [0.25, 0.3) is 11.3 Å². The van der Waals surface area contributed by atoms with Gasteiger partial charge in [-0.25, -0.2) is 0 Å². The molecule has 0 bridgehead atoms. The Hall–Kier alpha value is -2.54. The average Bonchev–Trinajstić information content (AvgIpc) is 3.23. The average molecular weight is 337 g/mol. The van der Waals surface area contributed by atoms with Crippen molar-refractivity contribution in [2.24, 2.45) is 7.05 Å². The van der Waals surface area contributed by atoms with Gasteiger partial charge in [0.25, 0.3) is 0 Å². The largest absolute Gasteiger partial charge is 0.313 e. The quantitative estimate of drug-likeness (QED) is 0.768. The van der Waals surface area contributed by atoms with Crippen LogP contribution in [0.3, 0.4) is 0 Å². The zero-order chi connectivity index (χ0) is 17.2. The van der Waals surface area contributed by atoms with Gasteiger partial charge in [0, 0.05) is 68.7 Å². The molecule has 25 heavy (non-hydrogen) atoms. The normalized spacial score (nSPS) is 16.8. The lowest BCUT2D eigenvalue weighted by molar-refractivity contribution is 0.373. The first-order valence-corrected chi connectivity index (χ1v) is 8.82. The van der Waals surface area contributed by atoms with Crippen LogP contribution in [-0.4, -0.2) is 35.6 Å². The van der Waals surface area contributed by atoms with E-state index in [1.54, 1.807) is 6.20 Å². The first-order valence-electron chi connectivity index (χ1n) is 8.82. The number of aryl methyl sites for hydroxylation is 3. The van der Waals surface area contributed by atoms with E-state index in [0.717, 1.165) is 55.3 Å². The number of rotatable bonds is 5. The number of nitrogens with one attached hydrogen (secondary N) is 1. The summed E-state index contributed by atoms with van der Waals surface area (Å²) in [6.07, 6.45) is 8.72. The summed E-state index contributed by atoms with van der Waals surface area (Å²) in [6.45, 7) is 3.86. The third kappa shape index (κ3) is 3.19. The Kier molecular flexibility index (Phi) is 4.31. The Balaban J connectivity index is 1.48. The molecule has 1 aliphatic rings. The fraction of sp³-hybridized carbons (Fsp3) is 0.444. The topological polar surface area (TPSA) is 73.5 Å². The number of hydrogen-bond acceptors (Lipinski definition) is 5. The van der Waals surface area contributed by atoms with E-state index in [-0.39, 0.29) is 0 Å². The van der Waals surface area contributed by atoms with Crippen molar-refractivity contribution in [2.45, 2.75) is 45.3 Å². The molecule has 3 aromatic rings. The first kappa shape index (κ1) is 16.0. The molecule has 7 heteroatoms. The zero-order valence-corrected chi connectivity index (χ0v) is 14.7. The highest BCUT2D eigenvalue weighted by Crippen LogP contribution is 2.22. The summed E-state index contributed by atoms with van der Waals surface area (Å²) in [7, 11) is 1.96. The van der Waals surface area contributed by atoms with Crippen LogP contribution in [0.4, 0.5) is 0 Å². The van der Waals surface area contributed by atoms with Crippen molar-refractivity contribution in [2.75, 3.05) is 0 Å². The summed E-state index contributed by atoms with van der Waals surface area (Å²) < 4.78 is 4.14. The Morgan fingerprint density at radius 3 is 3.04 bits per heavy atom. The highest BCUT2D eigenvalue weighted by molar-refractivity contribution is 5.61. The van der Waals surface area contributed by atoms with E-state index < -0.39 is 0 Å². The Morgan fingerprint density at radius 1 is 1.32 bits per heavy atom. The predicted octanol–water partition coefficient (Wildman–Crippen LogP) is 1.74. The second-order valence-corrected chi connectivity index (χ2v) is 6.53. The Labute approximate surface area is 147 Å². The number of aromatic nitrogens is 6. The summed E-state index contributed by atoms with van der Waals surface area (Å²) in [6, 6.07) is 4.43. The van der Waals surface area contributed by atoms with Crippen LogP contribution >= 0.6 is 0 Å². The van der Waals surface area contributed by atoms with Crippen molar-refractivity contribution in [1.29, 1.82) is 0 Å². The van der Waals surface area contributed by atoms with Crippen molar-refractivity contribution < 1.29 is 0 Å². The molecule has 0 fully saturated rings. The van der Waals surface area contributed by atoms with Gasteiger partial charge in [-0.15, -0.1) is 10.2 Å². The smallest absolute Gasteiger partial charge is 0.133 e. The van der Waals surface area contributed by atoms with Crippen molar-refractivity contribution in [3.63, 3.8) is 0 Å². The first-order chi connectivity index (χ1) is 12.2. The van der Waals surface area contributed by atoms with Crippen LogP contribution in [0, 0.1) is 0 Å². The highest BCUT2D eigenvalue weighted by Gasteiger charge is 2.22. The lowest BCUT2D eigenvalue weighted by Crippen LogP contribution is -2.37. The molecular weight excluding hydrogens is 314 g/mol. The van der Waals surface area contributed by atoms with E-state index in [0.29, 0.717) is 6.04 Å². The van der Waals surface area contributed by atoms with Crippen LogP contribution in [0.15, 0.2) is 30.7 Å². The zero-order valence-electron chi connectivity index (χ0n) is 14.7. The maximum atomic E-state index is 4.61. The molecule has 3 aromatic heterocycles. The van der Waals surface area contributed by atoms with E-state index >= 15 is 0 Å². The molecule has 4 rings (SSSR count). The minimum Gasteiger partial charge on any atom is -0.313 e. The van der Waals surface area contributed by atoms with Gasteiger partial charge >= 0.3 is 0 Å². The molecule has 0 aliphatic carbocycles. The molecule has 1 atom stereocenters. The van der Waals surface area contributed by atoms with Crippen molar-refractivity contribution in [3.8, 4) is 11.3 Å². The Morgan fingerprint density at radius 2 is 2.24 bits per heavy atom. The molecule has 0 aromatic carbocycles. The molecule has 130 valence electrons. The van der Waals surface area contributed by atoms with Gasteiger partial charge in [0.1, 0.15) is 11.6 Å². The van der Waals surface area contributed by atoms with Gasteiger partial charge in [0.05, 0.1) is 5.69 Å².